The predicted molar refractivity (Wildman–Crippen MR) is 47.5 cm³/mol. The maximum absolute atomic E-state index is 10.6. The summed E-state index contributed by atoms with van der Waals surface area (Å²) in [5.74, 6) is -3.34. The molecule has 0 aromatic heterocycles. The van der Waals surface area contributed by atoms with Crippen LogP contribution in [0.15, 0.2) is 0 Å². The van der Waals surface area contributed by atoms with E-state index in [0.29, 0.717) is 0 Å². The molecule has 0 saturated carbocycles. The zero-order chi connectivity index (χ0) is 13.9. The second-order valence-electron chi connectivity index (χ2n) is 1.95. The Morgan fingerprint density at radius 2 is 1.44 bits per heavy atom. The van der Waals surface area contributed by atoms with E-state index in [4.69, 9.17) is 15.3 Å². The Morgan fingerprint density at radius 1 is 1.31 bits per heavy atom. The number of esters is 1. The van der Waals surface area contributed by atoms with E-state index in [2.05, 4.69) is 16.2 Å². The van der Waals surface area contributed by atoms with Gasteiger partial charge in [-0.15, -0.1) is 0 Å². The third-order valence-electron chi connectivity index (χ3n) is 0.530. The number of hydrogen-bond acceptors (Lipinski definition) is 4. The number of methoxy groups -OCH3 is 1. The Bertz CT molecular complexity index is 238. The lowest BCUT2D eigenvalue weighted by Gasteiger charge is -1.93. The summed E-state index contributed by atoms with van der Waals surface area (Å²) in [5.41, 5.74) is 8.94. The van der Waals surface area contributed by atoms with Gasteiger partial charge in [0, 0.05) is 6.92 Å². The molecule has 0 heterocycles. The molecule has 0 aliphatic heterocycles. The maximum atomic E-state index is 10.6. The summed E-state index contributed by atoms with van der Waals surface area (Å²) in [6, 6.07) is 0. The van der Waals surface area contributed by atoms with Crippen molar-refractivity contribution in [3.63, 3.8) is 0 Å². The SMILES string of the molecule is COC(C)=O.N=C(N)N.O=C(O)C(F)(F)F. The van der Waals surface area contributed by atoms with Crippen LogP contribution in [0.1, 0.15) is 6.92 Å². The molecule has 10 heteroatoms. The number of carboxylic acid groups (broad SMARTS) is 1. The molecule has 16 heavy (non-hydrogen) atoms. The Morgan fingerprint density at radius 3 is 1.44 bits per heavy atom. The summed E-state index contributed by atoms with van der Waals surface area (Å²) in [7, 11) is 1.35. The molecule has 0 radical (unpaired) electrons. The molecule has 0 fully saturated rings. The topological polar surface area (TPSA) is 139 Å². The number of nitrogens with one attached hydrogen (secondary N) is 1. The Hall–Kier alpha value is -2.00. The summed E-state index contributed by atoms with van der Waals surface area (Å²) in [4.78, 5) is 18.5. The van der Waals surface area contributed by atoms with Crippen molar-refractivity contribution in [3.05, 3.63) is 0 Å². The van der Waals surface area contributed by atoms with Crippen molar-refractivity contribution < 1.29 is 32.6 Å². The number of halogens is 3. The predicted octanol–water partition coefficient (Wildman–Crippen LogP) is -0.349. The minimum Gasteiger partial charge on any atom is -0.475 e. The highest BCUT2D eigenvalue weighted by molar-refractivity contribution is 5.73. The summed E-state index contributed by atoms with van der Waals surface area (Å²) in [5, 5.41) is 13.2. The largest absolute Gasteiger partial charge is 0.490 e. The van der Waals surface area contributed by atoms with E-state index in [1.165, 1.54) is 14.0 Å². The fraction of sp³-hybridized carbons (Fsp3) is 0.500. The summed E-state index contributed by atoms with van der Waals surface area (Å²) in [6.45, 7) is 1.36. The van der Waals surface area contributed by atoms with Gasteiger partial charge in [-0.3, -0.25) is 10.2 Å². The number of carboxylic acids is 1. The molecule has 7 nitrogen and oxygen atoms in total. The number of guanidine groups is 1. The highest BCUT2D eigenvalue weighted by atomic mass is 19.4. The van der Waals surface area contributed by atoms with Crippen LogP contribution in [-0.2, 0) is 14.3 Å². The lowest BCUT2D eigenvalue weighted by Crippen LogP contribution is -2.21. The van der Waals surface area contributed by atoms with E-state index < -0.39 is 12.1 Å². The molecule has 0 spiro atoms. The van der Waals surface area contributed by atoms with Crippen molar-refractivity contribution in [1.29, 1.82) is 5.41 Å². The van der Waals surface area contributed by atoms with E-state index in [0.717, 1.165) is 0 Å². The van der Waals surface area contributed by atoms with Crippen LogP contribution < -0.4 is 11.5 Å². The van der Waals surface area contributed by atoms with E-state index >= 15 is 0 Å². The molecule has 0 aromatic rings. The van der Waals surface area contributed by atoms with Crippen LogP contribution in [0.4, 0.5) is 13.2 Å². The summed E-state index contributed by atoms with van der Waals surface area (Å²) in [6.07, 6.45) is -5.08. The summed E-state index contributed by atoms with van der Waals surface area (Å²) < 4.78 is 35.8. The standard InChI is InChI=1S/C3H6O2.C2HF3O2.CH5N3/c1-3(4)5-2;3-2(4,5)1(6)7;2-1(3)4/h1-2H3;(H,6,7);(H5,2,3,4). The highest BCUT2D eigenvalue weighted by Crippen LogP contribution is 2.13. The lowest BCUT2D eigenvalue weighted by atomic mass is 10.7. The molecule has 0 aliphatic rings. The molecular formula is C6H12F3N3O4. The molecule has 0 aliphatic carbocycles. The lowest BCUT2D eigenvalue weighted by molar-refractivity contribution is -0.192. The monoisotopic (exact) mass is 247 g/mol. The van der Waals surface area contributed by atoms with Gasteiger partial charge < -0.3 is 21.3 Å². The van der Waals surface area contributed by atoms with Crippen LogP contribution in [0.3, 0.4) is 0 Å². The van der Waals surface area contributed by atoms with Gasteiger partial charge in [-0.05, 0) is 0 Å². The van der Waals surface area contributed by atoms with Gasteiger partial charge >= 0.3 is 18.1 Å². The van der Waals surface area contributed by atoms with E-state index in [9.17, 15) is 18.0 Å². The number of carbonyl (C=O) groups is 2. The zero-order valence-electron chi connectivity index (χ0n) is 8.46. The van der Waals surface area contributed by atoms with Crippen molar-refractivity contribution >= 4 is 17.9 Å². The molecule has 0 atom stereocenters. The number of rotatable bonds is 0. The van der Waals surface area contributed by atoms with Crippen molar-refractivity contribution in [3.8, 4) is 0 Å². The molecule has 6 N–H and O–H groups in total. The molecule has 0 rings (SSSR count). The normalized spacial score (nSPS) is 8.56. The first-order chi connectivity index (χ1) is 6.95. The first kappa shape index (κ1) is 19.6. The second-order valence-corrected chi connectivity index (χ2v) is 1.95. The van der Waals surface area contributed by atoms with E-state index in [-0.39, 0.29) is 11.9 Å². The minimum absolute atomic E-state index is 0.245. The zero-order valence-corrected chi connectivity index (χ0v) is 8.46. The average Bonchev–Trinajstić information content (AvgIpc) is 2.02. The summed E-state index contributed by atoms with van der Waals surface area (Å²) >= 11 is 0. The van der Waals surface area contributed by atoms with Gasteiger partial charge in [-0.25, -0.2) is 4.79 Å². The molecule has 0 bridgehead atoms. The molecule has 96 valence electrons. The van der Waals surface area contributed by atoms with Gasteiger partial charge in [0.1, 0.15) is 0 Å². The molecule has 0 saturated heterocycles. The number of carbonyl (C=O) groups excluding carboxylic acids is 1. The van der Waals surface area contributed by atoms with Crippen LogP contribution >= 0.6 is 0 Å². The highest BCUT2D eigenvalue weighted by Gasteiger charge is 2.38. The van der Waals surface area contributed by atoms with Crippen molar-refractivity contribution in [2.24, 2.45) is 11.5 Å². The number of alkyl halides is 3. The minimum atomic E-state index is -5.08. The molecule has 0 amide bonds. The maximum Gasteiger partial charge on any atom is 0.490 e. The number of nitrogens with two attached hydrogens (primary N) is 2. The fourth-order valence-electron chi connectivity index (χ4n) is 0. The number of ether oxygens (including phenoxy) is 1. The fourth-order valence-corrected chi connectivity index (χ4v) is 0. The van der Waals surface area contributed by atoms with Gasteiger partial charge in [0.15, 0.2) is 5.96 Å². The smallest absolute Gasteiger partial charge is 0.475 e. The van der Waals surface area contributed by atoms with Crippen LogP contribution in [-0.4, -0.2) is 36.3 Å². The number of aliphatic carboxylic acids is 1. The van der Waals surface area contributed by atoms with Crippen molar-refractivity contribution in [2.75, 3.05) is 7.11 Å². The third-order valence-corrected chi connectivity index (χ3v) is 0.530. The van der Waals surface area contributed by atoms with Gasteiger partial charge in [-0.1, -0.05) is 0 Å². The van der Waals surface area contributed by atoms with E-state index in [1.54, 1.807) is 0 Å². The molecule has 0 aromatic carbocycles. The average molecular weight is 247 g/mol. The van der Waals surface area contributed by atoms with Gasteiger partial charge in [-0.2, -0.15) is 13.2 Å². The van der Waals surface area contributed by atoms with Gasteiger partial charge in [0.2, 0.25) is 0 Å². The second kappa shape index (κ2) is 9.55. The van der Waals surface area contributed by atoms with Crippen LogP contribution in [0.5, 0.6) is 0 Å². The Balaban J connectivity index is -0.000000166. The Kier molecular flexibility index (Phi) is 11.7. The van der Waals surface area contributed by atoms with Gasteiger partial charge in [0.05, 0.1) is 7.11 Å². The number of hydrogen-bond donors (Lipinski definition) is 4. The van der Waals surface area contributed by atoms with Crippen molar-refractivity contribution in [1.82, 2.24) is 0 Å². The van der Waals surface area contributed by atoms with Gasteiger partial charge in [0.25, 0.3) is 0 Å². The quantitative estimate of drug-likeness (QED) is 0.262. The van der Waals surface area contributed by atoms with Crippen LogP contribution in [0, 0.1) is 5.41 Å². The Labute approximate surface area is 88.7 Å². The first-order valence-electron chi connectivity index (χ1n) is 3.39. The first-order valence-corrected chi connectivity index (χ1v) is 3.39. The van der Waals surface area contributed by atoms with Crippen LogP contribution in [0.25, 0.3) is 0 Å². The molecular weight excluding hydrogens is 235 g/mol. The van der Waals surface area contributed by atoms with Crippen LogP contribution in [0.2, 0.25) is 0 Å². The van der Waals surface area contributed by atoms with Crippen molar-refractivity contribution in [2.45, 2.75) is 13.1 Å². The third kappa shape index (κ3) is 40.3. The molecule has 0 unspecified atom stereocenters. The van der Waals surface area contributed by atoms with E-state index in [1.807, 2.05) is 0 Å².